The summed E-state index contributed by atoms with van der Waals surface area (Å²) in [4.78, 5) is 13.4. The van der Waals surface area contributed by atoms with E-state index in [4.69, 9.17) is 4.74 Å². The van der Waals surface area contributed by atoms with Crippen molar-refractivity contribution in [2.75, 3.05) is 0 Å². The number of rotatable bonds is 3. The highest BCUT2D eigenvalue weighted by Gasteiger charge is 2.12. The van der Waals surface area contributed by atoms with Crippen molar-refractivity contribution in [3.63, 3.8) is 0 Å². The van der Waals surface area contributed by atoms with Crippen LogP contribution < -0.4 is 4.74 Å². The maximum Gasteiger partial charge on any atom is 0.226 e. The van der Waals surface area contributed by atoms with Crippen molar-refractivity contribution in [1.29, 1.82) is 0 Å². The lowest BCUT2D eigenvalue weighted by Gasteiger charge is -2.12. The molecule has 23 heavy (non-hydrogen) atoms. The Bertz CT molecular complexity index is 845. The second-order valence-corrected chi connectivity index (χ2v) is 5.63. The van der Waals surface area contributed by atoms with E-state index in [1.54, 1.807) is 6.20 Å². The third-order valence-electron chi connectivity index (χ3n) is 3.93. The molecule has 0 amide bonds. The number of hydrogen-bond donors (Lipinski definition) is 0. The third-order valence-corrected chi connectivity index (χ3v) is 3.93. The zero-order chi connectivity index (χ0) is 16.4. The molecule has 0 atom stereocenters. The van der Waals surface area contributed by atoms with Gasteiger partial charge in [-0.15, -0.1) is 0 Å². The molecule has 116 valence electrons. The summed E-state index contributed by atoms with van der Waals surface area (Å²) in [6.45, 7) is 8.07. The first kappa shape index (κ1) is 15.2. The van der Waals surface area contributed by atoms with Crippen LogP contribution in [0, 0.1) is 27.7 Å². The fraction of sp³-hybridized carbons (Fsp3) is 0.211. The summed E-state index contributed by atoms with van der Waals surface area (Å²) in [6.07, 6.45) is 1.73. The van der Waals surface area contributed by atoms with Crippen molar-refractivity contribution in [1.82, 2.24) is 15.0 Å². The Morgan fingerprint density at radius 2 is 1.70 bits per heavy atom. The van der Waals surface area contributed by atoms with Crippen molar-refractivity contribution in [2.45, 2.75) is 27.7 Å². The van der Waals surface area contributed by atoms with Crippen LogP contribution in [0.4, 0.5) is 0 Å². The maximum atomic E-state index is 6.01. The lowest BCUT2D eigenvalue weighted by Crippen LogP contribution is -2.01. The second-order valence-electron chi connectivity index (χ2n) is 5.63. The number of pyridine rings is 1. The maximum absolute atomic E-state index is 6.01. The van der Waals surface area contributed by atoms with Crippen molar-refractivity contribution in [3.05, 3.63) is 65.0 Å². The van der Waals surface area contributed by atoms with Crippen LogP contribution in [-0.4, -0.2) is 15.0 Å². The fourth-order valence-electron chi connectivity index (χ4n) is 2.20. The molecule has 0 unspecified atom stereocenters. The summed E-state index contributed by atoms with van der Waals surface area (Å²) in [5.41, 5.74) is 4.99. The van der Waals surface area contributed by atoms with Gasteiger partial charge in [-0.05, 0) is 63.1 Å². The Balaban J connectivity index is 2.01. The van der Waals surface area contributed by atoms with E-state index < -0.39 is 0 Å². The number of aryl methyl sites for hydroxylation is 3. The normalized spacial score (nSPS) is 10.6. The third kappa shape index (κ3) is 3.21. The molecule has 0 radical (unpaired) electrons. The van der Waals surface area contributed by atoms with E-state index in [-0.39, 0.29) is 0 Å². The molecular formula is C19H19N3O. The van der Waals surface area contributed by atoms with Crippen LogP contribution in [0.15, 0.2) is 42.6 Å². The van der Waals surface area contributed by atoms with E-state index in [0.29, 0.717) is 11.7 Å². The molecule has 0 saturated heterocycles. The first-order chi connectivity index (χ1) is 11.0. The zero-order valence-corrected chi connectivity index (χ0v) is 13.8. The predicted octanol–water partition coefficient (Wildman–Crippen LogP) is 4.56. The highest BCUT2D eigenvalue weighted by Crippen LogP contribution is 2.27. The average molecular weight is 305 g/mol. The minimum Gasteiger partial charge on any atom is -0.439 e. The number of benzene rings is 1. The van der Waals surface area contributed by atoms with E-state index in [9.17, 15) is 0 Å². The van der Waals surface area contributed by atoms with Crippen LogP contribution in [0.5, 0.6) is 11.6 Å². The molecule has 0 aliphatic carbocycles. The monoisotopic (exact) mass is 305 g/mol. The van der Waals surface area contributed by atoms with Gasteiger partial charge in [0, 0.05) is 17.5 Å². The fourth-order valence-corrected chi connectivity index (χ4v) is 2.20. The number of hydrogen-bond acceptors (Lipinski definition) is 4. The Morgan fingerprint density at radius 3 is 2.39 bits per heavy atom. The number of aromatic nitrogens is 3. The molecule has 2 heterocycles. The van der Waals surface area contributed by atoms with Gasteiger partial charge in [-0.3, -0.25) is 4.98 Å². The molecule has 0 saturated carbocycles. The molecule has 0 aliphatic rings. The minimum atomic E-state index is 0.571. The van der Waals surface area contributed by atoms with Crippen molar-refractivity contribution < 1.29 is 4.74 Å². The molecule has 3 aromatic rings. The van der Waals surface area contributed by atoms with Gasteiger partial charge in [0.25, 0.3) is 0 Å². The van der Waals surface area contributed by atoms with Crippen molar-refractivity contribution >= 4 is 0 Å². The largest absolute Gasteiger partial charge is 0.439 e. The minimum absolute atomic E-state index is 0.571. The first-order valence-corrected chi connectivity index (χ1v) is 7.56. The van der Waals surface area contributed by atoms with Gasteiger partial charge in [-0.25, -0.2) is 4.98 Å². The Labute approximate surface area is 136 Å². The van der Waals surface area contributed by atoms with Crippen molar-refractivity contribution in [3.8, 4) is 23.1 Å². The molecule has 0 spiro atoms. The summed E-state index contributed by atoms with van der Waals surface area (Å²) >= 11 is 0. The number of ether oxygens (including phenoxy) is 1. The van der Waals surface area contributed by atoms with Gasteiger partial charge in [0.1, 0.15) is 11.4 Å². The van der Waals surface area contributed by atoms with Gasteiger partial charge in [-0.2, -0.15) is 4.98 Å². The second kappa shape index (κ2) is 6.16. The quantitative estimate of drug-likeness (QED) is 0.711. The van der Waals surface area contributed by atoms with Crippen LogP contribution in [0.3, 0.4) is 0 Å². The Kier molecular flexibility index (Phi) is 4.06. The summed E-state index contributed by atoms with van der Waals surface area (Å²) in [6, 6.07) is 11.7. The van der Waals surface area contributed by atoms with E-state index in [0.717, 1.165) is 22.7 Å². The van der Waals surface area contributed by atoms with Crippen molar-refractivity contribution in [2.24, 2.45) is 0 Å². The SMILES string of the molecule is Cc1ccc(Oc2nc(-c3ccccn3)nc(C)c2C)cc1C. The Morgan fingerprint density at radius 1 is 0.870 bits per heavy atom. The molecule has 0 aliphatic heterocycles. The van der Waals surface area contributed by atoms with E-state index >= 15 is 0 Å². The van der Waals surface area contributed by atoms with Gasteiger partial charge in [-0.1, -0.05) is 12.1 Å². The molecule has 0 fully saturated rings. The van der Waals surface area contributed by atoms with E-state index in [1.165, 1.54) is 11.1 Å². The molecule has 4 heteroatoms. The van der Waals surface area contributed by atoms with Crippen LogP contribution >= 0.6 is 0 Å². The van der Waals surface area contributed by atoms with E-state index in [2.05, 4.69) is 28.8 Å². The molecule has 2 aromatic heterocycles. The van der Waals surface area contributed by atoms with Gasteiger partial charge in [0.2, 0.25) is 5.88 Å². The molecule has 0 bridgehead atoms. The molecule has 0 N–H and O–H groups in total. The van der Waals surface area contributed by atoms with Gasteiger partial charge in [0.15, 0.2) is 5.82 Å². The lowest BCUT2D eigenvalue weighted by atomic mass is 10.1. The summed E-state index contributed by atoms with van der Waals surface area (Å²) < 4.78 is 6.01. The zero-order valence-electron chi connectivity index (χ0n) is 13.8. The van der Waals surface area contributed by atoms with Gasteiger partial charge in [0.05, 0.1) is 0 Å². The van der Waals surface area contributed by atoms with Gasteiger partial charge < -0.3 is 4.74 Å². The number of nitrogens with zero attached hydrogens (tertiary/aromatic N) is 3. The van der Waals surface area contributed by atoms with Crippen LogP contribution in [0.25, 0.3) is 11.5 Å². The van der Waals surface area contributed by atoms with Crippen LogP contribution in [-0.2, 0) is 0 Å². The highest BCUT2D eigenvalue weighted by atomic mass is 16.5. The molecule has 4 nitrogen and oxygen atoms in total. The summed E-state index contributed by atoms with van der Waals surface area (Å²) in [5.74, 6) is 1.93. The van der Waals surface area contributed by atoms with Crippen LogP contribution in [0.2, 0.25) is 0 Å². The molecular weight excluding hydrogens is 286 g/mol. The molecule has 1 aromatic carbocycles. The van der Waals surface area contributed by atoms with Crippen LogP contribution in [0.1, 0.15) is 22.4 Å². The smallest absolute Gasteiger partial charge is 0.226 e. The average Bonchev–Trinajstić information content (AvgIpc) is 2.56. The highest BCUT2D eigenvalue weighted by molar-refractivity contribution is 5.51. The Hall–Kier alpha value is -2.75. The molecule has 3 rings (SSSR count). The standard InChI is InChI=1S/C19H19N3O/c1-12-8-9-16(11-13(12)2)23-19-14(3)15(4)21-18(22-19)17-7-5-6-10-20-17/h5-11H,1-4H3. The topological polar surface area (TPSA) is 47.9 Å². The van der Waals surface area contributed by atoms with Gasteiger partial charge >= 0.3 is 0 Å². The first-order valence-electron chi connectivity index (χ1n) is 7.56. The summed E-state index contributed by atoms with van der Waals surface area (Å²) in [5, 5.41) is 0. The van der Waals surface area contributed by atoms with E-state index in [1.807, 2.05) is 50.2 Å². The predicted molar refractivity (Wildman–Crippen MR) is 90.7 cm³/mol. The summed E-state index contributed by atoms with van der Waals surface area (Å²) in [7, 11) is 0. The lowest BCUT2D eigenvalue weighted by molar-refractivity contribution is 0.456.